The maximum atomic E-state index is 11.8. The first kappa shape index (κ1) is 16.2. The first-order valence-electron chi connectivity index (χ1n) is 7.58. The van der Waals surface area contributed by atoms with Crippen LogP contribution in [-0.2, 0) is 21.4 Å². The third kappa shape index (κ3) is 3.32. The van der Waals surface area contributed by atoms with Gasteiger partial charge in [-0.15, -0.1) is 11.8 Å². The molecule has 2 saturated heterocycles. The molecule has 0 amide bonds. The van der Waals surface area contributed by atoms with E-state index in [9.17, 15) is 8.42 Å². The molecule has 2 fully saturated rings. The molecule has 2 aliphatic rings. The first-order chi connectivity index (χ1) is 10.4. The number of thioether (sulfide) groups is 1. The SMILES string of the molecule is CCS(=O)(=O)N1CC2(C[C@H](OCc3cccc(C)n3)CS2)C1. The third-order valence-corrected chi connectivity index (χ3v) is 7.63. The molecular formula is C15H22N2O3S2. The van der Waals surface area contributed by atoms with Crippen LogP contribution in [0, 0.1) is 6.92 Å². The summed E-state index contributed by atoms with van der Waals surface area (Å²) in [5.41, 5.74) is 1.95. The van der Waals surface area contributed by atoms with Crippen molar-refractivity contribution in [2.24, 2.45) is 0 Å². The van der Waals surface area contributed by atoms with Crippen LogP contribution in [0.15, 0.2) is 18.2 Å². The summed E-state index contributed by atoms with van der Waals surface area (Å²) >= 11 is 1.86. The minimum Gasteiger partial charge on any atom is -0.371 e. The van der Waals surface area contributed by atoms with E-state index in [1.165, 1.54) is 0 Å². The summed E-state index contributed by atoms with van der Waals surface area (Å²) in [6.45, 7) is 5.47. The Morgan fingerprint density at radius 1 is 1.45 bits per heavy atom. The topological polar surface area (TPSA) is 59.5 Å². The lowest BCUT2D eigenvalue weighted by atomic mass is 9.95. The molecule has 0 aromatic carbocycles. The van der Waals surface area contributed by atoms with Gasteiger partial charge >= 0.3 is 0 Å². The lowest BCUT2D eigenvalue weighted by molar-refractivity contribution is 0.0380. The van der Waals surface area contributed by atoms with Gasteiger partial charge in [-0.25, -0.2) is 8.42 Å². The molecule has 2 aliphatic heterocycles. The highest BCUT2D eigenvalue weighted by Crippen LogP contribution is 2.47. The van der Waals surface area contributed by atoms with Gasteiger partial charge in [0.1, 0.15) is 0 Å². The smallest absolute Gasteiger partial charge is 0.213 e. The molecule has 0 saturated carbocycles. The molecule has 0 radical (unpaired) electrons. The predicted octanol–water partition coefficient (Wildman–Crippen LogP) is 1.82. The number of hydrogen-bond donors (Lipinski definition) is 0. The van der Waals surface area contributed by atoms with E-state index >= 15 is 0 Å². The van der Waals surface area contributed by atoms with Gasteiger partial charge in [-0.1, -0.05) is 6.07 Å². The molecule has 7 heteroatoms. The van der Waals surface area contributed by atoms with Crippen LogP contribution in [0.1, 0.15) is 24.7 Å². The summed E-state index contributed by atoms with van der Waals surface area (Å²) in [6, 6.07) is 5.94. The van der Waals surface area contributed by atoms with Crippen LogP contribution < -0.4 is 0 Å². The lowest BCUT2D eigenvalue weighted by Gasteiger charge is -2.46. The number of hydrogen-bond acceptors (Lipinski definition) is 5. The van der Waals surface area contributed by atoms with Crippen molar-refractivity contribution in [2.75, 3.05) is 24.6 Å². The highest BCUT2D eigenvalue weighted by Gasteiger charge is 2.52. The fourth-order valence-electron chi connectivity index (χ4n) is 2.99. The van der Waals surface area contributed by atoms with Gasteiger partial charge in [0.15, 0.2) is 0 Å². The molecule has 0 bridgehead atoms. The quantitative estimate of drug-likeness (QED) is 0.817. The Labute approximate surface area is 136 Å². The average molecular weight is 342 g/mol. The van der Waals surface area contributed by atoms with Crippen molar-refractivity contribution in [3.8, 4) is 0 Å². The number of pyridine rings is 1. The van der Waals surface area contributed by atoms with E-state index in [1.54, 1.807) is 11.2 Å². The number of aromatic nitrogens is 1. The maximum Gasteiger partial charge on any atom is 0.213 e. The molecule has 0 aliphatic carbocycles. The van der Waals surface area contributed by atoms with Gasteiger partial charge in [0.05, 0.1) is 24.2 Å². The number of ether oxygens (including phenoxy) is 1. The van der Waals surface area contributed by atoms with E-state index in [0.29, 0.717) is 19.7 Å². The summed E-state index contributed by atoms with van der Waals surface area (Å²) in [4.78, 5) is 4.44. The van der Waals surface area contributed by atoms with Crippen molar-refractivity contribution < 1.29 is 13.2 Å². The first-order valence-corrected chi connectivity index (χ1v) is 10.2. The number of rotatable bonds is 5. The van der Waals surface area contributed by atoms with E-state index in [4.69, 9.17) is 4.74 Å². The van der Waals surface area contributed by atoms with Gasteiger partial charge in [-0.05, 0) is 32.4 Å². The molecule has 22 heavy (non-hydrogen) atoms. The fourth-order valence-corrected chi connectivity index (χ4v) is 5.96. The monoisotopic (exact) mass is 342 g/mol. The summed E-state index contributed by atoms with van der Waals surface area (Å²) < 4.78 is 31.3. The second kappa shape index (κ2) is 6.11. The Hall–Kier alpha value is -0.630. The Balaban J connectivity index is 1.50. The summed E-state index contributed by atoms with van der Waals surface area (Å²) in [5, 5.41) is 0. The van der Waals surface area contributed by atoms with Crippen molar-refractivity contribution in [2.45, 2.75) is 37.7 Å². The van der Waals surface area contributed by atoms with Crippen LogP contribution in [0.5, 0.6) is 0 Å². The van der Waals surface area contributed by atoms with Crippen LogP contribution in [0.2, 0.25) is 0 Å². The molecule has 1 aromatic heterocycles. The van der Waals surface area contributed by atoms with Crippen LogP contribution in [0.3, 0.4) is 0 Å². The molecule has 1 atom stereocenters. The van der Waals surface area contributed by atoms with Gasteiger partial charge in [0.25, 0.3) is 0 Å². The van der Waals surface area contributed by atoms with Crippen LogP contribution in [-0.4, -0.2) is 53.2 Å². The van der Waals surface area contributed by atoms with Gasteiger partial charge in [-0.3, -0.25) is 4.98 Å². The normalized spacial score (nSPS) is 24.5. The van der Waals surface area contributed by atoms with Crippen molar-refractivity contribution in [1.82, 2.24) is 9.29 Å². The maximum absolute atomic E-state index is 11.8. The molecule has 0 unspecified atom stereocenters. The molecule has 1 aromatic rings. The van der Waals surface area contributed by atoms with Crippen molar-refractivity contribution in [3.63, 3.8) is 0 Å². The van der Waals surface area contributed by atoms with E-state index in [-0.39, 0.29) is 16.6 Å². The van der Waals surface area contributed by atoms with Gasteiger partial charge in [0.2, 0.25) is 10.0 Å². The molecule has 3 rings (SSSR count). The molecule has 122 valence electrons. The molecule has 0 N–H and O–H groups in total. The highest BCUT2D eigenvalue weighted by molar-refractivity contribution is 8.01. The Kier molecular flexibility index (Phi) is 4.51. The van der Waals surface area contributed by atoms with Gasteiger partial charge in [-0.2, -0.15) is 4.31 Å². The lowest BCUT2D eigenvalue weighted by Crippen LogP contribution is -2.60. The van der Waals surface area contributed by atoms with E-state index < -0.39 is 10.0 Å². The van der Waals surface area contributed by atoms with Crippen molar-refractivity contribution >= 4 is 21.8 Å². The second-order valence-corrected chi connectivity index (χ2v) is 9.82. The van der Waals surface area contributed by atoms with E-state index in [2.05, 4.69) is 4.98 Å². The van der Waals surface area contributed by atoms with Crippen LogP contribution >= 0.6 is 11.8 Å². The molecule has 3 heterocycles. The highest BCUT2D eigenvalue weighted by atomic mass is 32.2. The summed E-state index contributed by atoms with van der Waals surface area (Å²) in [5.74, 6) is 1.12. The molecule has 5 nitrogen and oxygen atoms in total. The van der Waals surface area contributed by atoms with Crippen LogP contribution in [0.25, 0.3) is 0 Å². The standard InChI is InChI=1S/C15H22N2O3S2/c1-3-22(18,19)17-10-15(11-17)7-14(9-21-15)20-8-13-6-4-5-12(2)16-13/h4-6,14H,3,7-11H2,1-2H3/t14-/m0/s1. The largest absolute Gasteiger partial charge is 0.371 e. The summed E-state index contributed by atoms with van der Waals surface area (Å²) in [7, 11) is -3.03. The molecular weight excluding hydrogens is 320 g/mol. The number of nitrogens with zero attached hydrogens (tertiary/aromatic N) is 2. The molecule has 1 spiro atoms. The van der Waals surface area contributed by atoms with Gasteiger partial charge in [0, 0.05) is 29.3 Å². The zero-order valence-corrected chi connectivity index (χ0v) is 14.6. The van der Waals surface area contributed by atoms with E-state index in [0.717, 1.165) is 23.6 Å². The van der Waals surface area contributed by atoms with Crippen molar-refractivity contribution in [1.29, 1.82) is 0 Å². The second-order valence-electron chi connectivity index (χ2n) is 6.07. The Bertz CT molecular complexity index is 642. The number of aryl methyl sites for hydroxylation is 1. The third-order valence-electron chi connectivity index (χ3n) is 4.28. The van der Waals surface area contributed by atoms with E-state index in [1.807, 2.05) is 36.9 Å². The Morgan fingerprint density at radius 3 is 2.91 bits per heavy atom. The average Bonchev–Trinajstić information content (AvgIpc) is 2.88. The minimum absolute atomic E-state index is 0.0763. The Morgan fingerprint density at radius 2 is 2.23 bits per heavy atom. The van der Waals surface area contributed by atoms with Gasteiger partial charge < -0.3 is 4.74 Å². The van der Waals surface area contributed by atoms with Crippen molar-refractivity contribution in [3.05, 3.63) is 29.6 Å². The minimum atomic E-state index is -3.03. The zero-order chi connectivity index (χ0) is 15.8. The predicted molar refractivity (Wildman–Crippen MR) is 88.4 cm³/mol. The van der Waals surface area contributed by atoms with Crippen LogP contribution in [0.4, 0.5) is 0 Å². The number of sulfonamides is 1. The summed E-state index contributed by atoms with van der Waals surface area (Å²) in [6.07, 6.45) is 1.12. The fraction of sp³-hybridized carbons (Fsp3) is 0.667. The zero-order valence-electron chi connectivity index (χ0n) is 13.0.